The van der Waals surface area contributed by atoms with Gasteiger partial charge in [0.2, 0.25) is 0 Å². The van der Waals surface area contributed by atoms with Crippen LogP contribution in [0.5, 0.6) is 5.75 Å². The molecule has 1 unspecified atom stereocenters. The number of amides is 1. The fourth-order valence-corrected chi connectivity index (χ4v) is 4.42. The second kappa shape index (κ2) is 11.5. The SMILES string of the molecule is COc1ccc(/C(CN2CCN(c3ccc(N4CC(CNC(C)=S)OC4=O)cc3F)CC2)=N/O)cc1. The molecule has 1 amide bonds. The van der Waals surface area contributed by atoms with Gasteiger partial charge in [0.05, 0.1) is 36.6 Å². The molecule has 9 nitrogen and oxygen atoms in total. The zero-order chi connectivity index (χ0) is 25.7. The van der Waals surface area contributed by atoms with Gasteiger partial charge in [0.15, 0.2) is 0 Å². The second-order valence-corrected chi connectivity index (χ2v) is 9.34. The fraction of sp³-hybridized carbons (Fsp3) is 0.400. The van der Waals surface area contributed by atoms with E-state index in [1.807, 2.05) is 29.2 Å². The number of carbonyl (C=O) groups is 1. The van der Waals surface area contributed by atoms with Gasteiger partial charge in [0, 0.05) is 38.3 Å². The molecular weight excluding hydrogens is 485 g/mol. The highest BCUT2D eigenvalue weighted by atomic mass is 32.1. The Kier molecular flexibility index (Phi) is 8.21. The molecule has 36 heavy (non-hydrogen) atoms. The number of piperazine rings is 1. The number of benzene rings is 2. The van der Waals surface area contributed by atoms with Crippen molar-refractivity contribution in [2.75, 3.05) is 62.7 Å². The van der Waals surface area contributed by atoms with E-state index in [0.717, 1.165) is 11.3 Å². The number of carbonyl (C=O) groups excluding carboxylic acids is 1. The number of rotatable bonds is 8. The summed E-state index contributed by atoms with van der Waals surface area (Å²) >= 11 is 5.00. The molecule has 2 saturated heterocycles. The van der Waals surface area contributed by atoms with Gasteiger partial charge in [-0.05, 0) is 49.4 Å². The Balaban J connectivity index is 1.33. The highest BCUT2D eigenvalue weighted by Crippen LogP contribution is 2.28. The topological polar surface area (TPSA) is 89.9 Å². The Bertz CT molecular complexity index is 1120. The van der Waals surface area contributed by atoms with Gasteiger partial charge >= 0.3 is 6.09 Å². The molecule has 11 heteroatoms. The summed E-state index contributed by atoms with van der Waals surface area (Å²) in [7, 11) is 1.60. The van der Waals surface area contributed by atoms with Gasteiger partial charge < -0.3 is 24.9 Å². The smallest absolute Gasteiger partial charge is 0.414 e. The van der Waals surface area contributed by atoms with Crippen LogP contribution in [0.1, 0.15) is 12.5 Å². The van der Waals surface area contributed by atoms with E-state index in [9.17, 15) is 10.0 Å². The van der Waals surface area contributed by atoms with E-state index in [1.54, 1.807) is 26.2 Å². The van der Waals surface area contributed by atoms with E-state index in [4.69, 9.17) is 21.7 Å². The average molecular weight is 516 g/mol. The van der Waals surface area contributed by atoms with Crippen molar-refractivity contribution in [1.82, 2.24) is 10.2 Å². The van der Waals surface area contributed by atoms with Gasteiger partial charge in [-0.15, -0.1) is 0 Å². The molecule has 0 aromatic heterocycles. The molecular formula is C25H30FN5O4S. The van der Waals surface area contributed by atoms with Gasteiger partial charge in [0.25, 0.3) is 0 Å². The van der Waals surface area contributed by atoms with Crippen LogP contribution in [0.4, 0.5) is 20.6 Å². The van der Waals surface area contributed by atoms with Crippen LogP contribution in [0.25, 0.3) is 0 Å². The number of thiocarbonyl (C=S) groups is 1. The molecule has 2 aliphatic rings. The molecule has 2 heterocycles. The third-order valence-corrected chi connectivity index (χ3v) is 6.47. The van der Waals surface area contributed by atoms with Crippen molar-refractivity contribution in [2.24, 2.45) is 5.16 Å². The summed E-state index contributed by atoms with van der Waals surface area (Å²) in [5.41, 5.74) is 2.34. The van der Waals surface area contributed by atoms with Crippen molar-refractivity contribution < 1.29 is 23.9 Å². The quantitative estimate of drug-likeness (QED) is 0.240. The first-order valence-electron chi connectivity index (χ1n) is 11.7. The van der Waals surface area contributed by atoms with Gasteiger partial charge in [-0.2, -0.15) is 0 Å². The van der Waals surface area contributed by atoms with Crippen molar-refractivity contribution in [3.8, 4) is 5.75 Å². The van der Waals surface area contributed by atoms with Crippen LogP contribution in [0.15, 0.2) is 47.6 Å². The Morgan fingerprint density at radius 3 is 2.56 bits per heavy atom. The number of hydrogen-bond donors (Lipinski definition) is 2. The summed E-state index contributed by atoms with van der Waals surface area (Å²) in [6, 6.07) is 12.2. The summed E-state index contributed by atoms with van der Waals surface area (Å²) in [5, 5.41) is 16.0. The molecule has 2 aromatic carbocycles. The number of anilines is 2. The lowest BCUT2D eigenvalue weighted by atomic mass is 10.1. The summed E-state index contributed by atoms with van der Waals surface area (Å²) in [4.78, 5) is 18.5. The van der Waals surface area contributed by atoms with E-state index in [1.165, 1.54) is 11.0 Å². The Morgan fingerprint density at radius 1 is 1.22 bits per heavy atom. The number of hydrogen-bond acceptors (Lipinski definition) is 8. The van der Waals surface area contributed by atoms with Crippen molar-refractivity contribution in [2.45, 2.75) is 13.0 Å². The Labute approximate surface area is 215 Å². The Morgan fingerprint density at radius 2 is 1.94 bits per heavy atom. The van der Waals surface area contributed by atoms with Crippen LogP contribution in [0.3, 0.4) is 0 Å². The number of methoxy groups -OCH3 is 1. The summed E-state index contributed by atoms with van der Waals surface area (Å²) in [5.74, 6) is 0.346. The van der Waals surface area contributed by atoms with Crippen LogP contribution in [-0.2, 0) is 4.74 Å². The lowest BCUT2D eigenvalue weighted by Crippen LogP contribution is -2.48. The number of oxime groups is 1. The van der Waals surface area contributed by atoms with Crippen LogP contribution >= 0.6 is 12.2 Å². The maximum absolute atomic E-state index is 15.1. The third-order valence-electron chi connectivity index (χ3n) is 6.33. The predicted octanol–water partition coefficient (Wildman–Crippen LogP) is 3.10. The first-order valence-corrected chi connectivity index (χ1v) is 12.1. The van der Waals surface area contributed by atoms with E-state index < -0.39 is 6.09 Å². The summed E-state index contributed by atoms with van der Waals surface area (Å²) in [6.07, 6.45) is -0.848. The van der Waals surface area contributed by atoms with Crippen molar-refractivity contribution in [1.29, 1.82) is 0 Å². The fourth-order valence-electron chi connectivity index (χ4n) is 4.34. The Hall–Kier alpha value is -3.44. The maximum atomic E-state index is 15.1. The minimum absolute atomic E-state index is 0.328. The molecule has 0 saturated carbocycles. The summed E-state index contributed by atoms with van der Waals surface area (Å²) < 4.78 is 25.6. The van der Waals surface area contributed by atoms with Gasteiger partial charge in [0.1, 0.15) is 23.4 Å². The minimum Gasteiger partial charge on any atom is -0.497 e. The largest absolute Gasteiger partial charge is 0.497 e. The molecule has 192 valence electrons. The van der Waals surface area contributed by atoms with E-state index in [0.29, 0.717) is 67.9 Å². The van der Waals surface area contributed by atoms with Crippen molar-refractivity contribution in [3.63, 3.8) is 0 Å². The van der Waals surface area contributed by atoms with Crippen LogP contribution in [0.2, 0.25) is 0 Å². The van der Waals surface area contributed by atoms with E-state index in [2.05, 4.69) is 15.4 Å². The molecule has 4 rings (SSSR count). The van der Waals surface area contributed by atoms with E-state index in [-0.39, 0.29) is 11.9 Å². The molecule has 0 spiro atoms. The van der Waals surface area contributed by atoms with Gasteiger partial charge in [-0.1, -0.05) is 17.4 Å². The number of ether oxygens (including phenoxy) is 2. The van der Waals surface area contributed by atoms with Crippen molar-refractivity contribution in [3.05, 3.63) is 53.8 Å². The zero-order valence-electron chi connectivity index (χ0n) is 20.3. The minimum atomic E-state index is -0.497. The van der Waals surface area contributed by atoms with Crippen molar-refractivity contribution >= 4 is 40.4 Å². The highest BCUT2D eigenvalue weighted by molar-refractivity contribution is 7.80. The third kappa shape index (κ3) is 6.03. The molecule has 0 radical (unpaired) electrons. The molecule has 2 aliphatic heterocycles. The monoisotopic (exact) mass is 515 g/mol. The molecule has 2 aromatic rings. The first kappa shape index (κ1) is 25.6. The van der Waals surface area contributed by atoms with Gasteiger partial charge in [-0.25, -0.2) is 9.18 Å². The first-order chi connectivity index (χ1) is 17.4. The average Bonchev–Trinajstić information content (AvgIpc) is 3.27. The molecule has 0 bridgehead atoms. The summed E-state index contributed by atoms with van der Waals surface area (Å²) in [6.45, 7) is 5.60. The molecule has 1 atom stereocenters. The standard InChI is InChI=1S/C25H30FN5O4S/c1-17(36)27-14-21-15-31(25(32)35-21)19-5-8-24(22(26)13-19)30-11-9-29(10-12-30)16-23(28-33)18-3-6-20(34-2)7-4-18/h3-8,13,21,33H,9-12,14-16H2,1-2H3,(H,27,36)/b28-23+. The van der Waals surface area contributed by atoms with E-state index >= 15 is 4.39 Å². The number of nitrogens with one attached hydrogen (secondary N) is 1. The zero-order valence-corrected chi connectivity index (χ0v) is 21.1. The van der Waals surface area contributed by atoms with Crippen LogP contribution in [0, 0.1) is 5.82 Å². The number of nitrogens with zero attached hydrogens (tertiary/aromatic N) is 4. The van der Waals surface area contributed by atoms with Crippen LogP contribution in [-0.4, -0.2) is 85.9 Å². The second-order valence-electron chi connectivity index (χ2n) is 8.73. The number of halogens is 1. The predicted molar refractivity (Wildman–Crippen MR) is 140 cm³/mol. The highest BCUT2D eigenvalue weighted by Gasteiger charge is 2.33. The molecule has 2 N–H and O–H groups in total. The number of cyclic esters (lactones) is 1. The van der Waals surface area contributed by atoms with Gasteiger partial charge in [-0.3, -0.25) is 9.80 Å². The molecule has 2 fully saturated rings. The normalized spacial score (nSPS) is 18.8. The van der Waals surface area contributed by atoms with Crippen LogP contribution < -0.4 is 19.9 Å². The lowest BCUT2D eigenvalue weighted by molar-refractivity contribution is 0.143. The maximum Gasteiger partial charge on any atom is 0.414 e. The lowest BCUT2D eigenvalue weighted by Gasteiger charge is -2.36. The molecule has 0 aliphatic carbocycles.